The second kappa shape index (κ2) is 9.87. The highest BCUT2D eigenvalue weighted by atomic mass is 15.2. The van der Waals surface area contributed by atoms with Gasteiger partial charge in [-0.25, -0.2) is 0 Å². The van der Waals surface area contributed by atoms with Crippen LogP contribution >= 0.6 is 0 Å². The zero-order chi connectivity index (χ0) is 21.1. The summed E-state index contributed by atoms with van der Waals surface area (Å²) in [6, 6.07) is 0.430. The molecule has 3 nitrogen and oxygen atoms in total. The zero-order valence-corrected chi connectivity index (χ0v) is 19.9. The molecular formula is C27H43N3. The number of likely N-dealkylation sites (tertiary alicyclic amines) is 1. The molecule has 1 saturated heterocycles. The van der Waals surface area contributed by atoms with Gasteiger partial charge in [-0.05, 0) is 102 Å². The first-order valence-corrected chi connectivity index (χ1v) is 12.6. The number of aromatic amines is 1. The summed E-state index contributed by atoms with van der Waals surface area (Å²) in [7, 11) is 0. The van der Waals surface area contributed by atoms with Gasteiger partial charge in [0.25, 0.3) is 0 Å². The molecule has 3 aliphatic rings. The molecule has 166 valence electrons. The van der Waals surface area contributed by atoms with Crippen LogP contribution in [-0.4, -0.2) is 47.5 Å². The number of allylic oxidation sites excluding steroid dienone is 3. The van der Waals surface area contributed by atoms with Crippen molar-refractivity contribution in [3.8, 4) is 0 Å². The molecular weight excluding hydrogens is 366 g/mol. The van der Waals surface area contributed by atoms with E-state index in [4.69, 9.17) is 0 Å². The Hall–Kier alpha value is -1.32. The van der Waals surface area contributed by atoms with Gasteiger partial charge in [0.1, 0.15) is 0 Å². The van der Waals surface area contributed by atoms with Crippen molar-refractivity contribution in [1.82, 2.24) is 14.8 Å². The van der Waals surface area contributed by atoms with E-state index in [0.29, 0.717) is 6.04 Å². The van der Waals surface area contributed by atoms with Crippen molar-refractivity contribution in [2.24, 2.45) is 5.92 Å². The van der Waals surface area contributed by atoms with Crippen LogP contribution in [0.5, 0.6) is 0 Å². The first kappa shape index (κ1) is 21.9. The molecule has 0 spiro atoms. The van der Waals surface area contributed by atoms with Crippen LogP contribution in [0.3, 0.4) is 0 Å². The summed E-state index contributed by atoms with van der Waals surface area (Å²) in [6.07, 6.45) is 15.2. The standard InChI is InChI=1S/C27H43N3/c1-5-15-29-16-13-22(19-29)18-20(3)11-12-21(4)27-26-24(14-17-30(27)6-2)23-9-7-8-10-25(23)28-26/h11-12,22,27-28H,5-10,13-19H2,1-4H3/b20-11+,21-12+. The molecule has 1 fully saturated rings. The number of aryl methyl sites for hydroxylation is 1. The number of hydrogen-bond acceptors (Lipinski definition) is 2. The number of rotatable bonds is 7. The zero-order valence-electron chi connectivity index (χ0n) is 19.9. The maximum atomic E-state index is 3.90. The Kier molecular flexibility index (Phi) is 7.20. The van der Waals surface area contributed by atoms with Gasteiger partial charge in [0.05, 0.1) is 6.04 Å². The Labute approximate surface area is 184 Å². The summed E-state index contributed by atoms with van der Waals surface area (Å²) >= 11 is 0. The first-order valence-electron chi connectivity index (χ1n) is 12.6. The van der Waals surface area contributed by atoms with Crippen molar-refractivity contribution < 1.29 is 0 Å². The van der Waals surface area contributed by atoms with E-state index in [9.17, 15) is 0 Å². The van der Waals surface area contributed by atoms with E-state index in [2.05, 4.69) is 54.6 Å². The lowest BCUT2D eigenvalue weighted by atomic mass is 9.88. The molecule has 2 aliphatic heterocycles. The van der Waals surface area contributed by atoms with E-state index >= 15 is 0 Å². The summed E-state index contributed by atoms with van der Waals surface area (Å²) in [5, 5.41) is 0. The summed E-state index contributed by atoms with van der Waals surface area (Å²) in [5.74, 6) is 0.852. The average Bonchev–Trinajstić information content (AvgIpc) is 3.35. The number of hydrogen-bond donors (Lipinski definition) is 1. The average molecular weight is 410 g/mol. The van der Waals surface area contributed by atoms with Crippen molar-refractivity contribution in [3.05, 3.63) is 45.8 Å². The number of H-pyrrole nitrogens is 1. The molecule has 3 heteroatoms. The topological polar surface area (TPSA) is 22.3 Å². The van der Waals surface area contributed by atoms with Crippen LogP contribution in [0, 0.1) is 5.92 Å². The number of fused-ring (bicyclic) bond motifs is 3. The molecule has 0 bridgehead atoms. The minimum Gasteiger partial charge on any atom is -0.360 e. The second-order valence-electron chi connectivity index (χ2n) is 10.0. The largest absolute Gasteiger partial charge is 0.360 e. The van der Waals surface area contributed by atoms with Gasteiger partial charge < -0.3 is 9.88 Å². The smallest absolute Gasteiger partial charge is 0.0716 e. The fourth-order valence-corrected chi connectivity index (χ4v) is 6.21. The predicted octanol–water partition coefficient (Wildman–Crippen LogP) is 5.83. The van der Waals surface area contributed by atoms with Crippen LogP contribution in [0.15, 0.2) is 23.3 Å². The lowest BCUT2D eigenvalue weighted by Gasteiger charge is -2.36. The molecule has 1 aliphatic carbocycles. The van der Waals surface area contributed by atoms with Crippen molar-refractivity contribution in [3.63, 3.8) is 0 Å². The number of likely N-dealkylation sites (N-methyl/N-ethyl adjacent to an activating group) is 1. The van der Waals surface area contributed by atoms with E-state index in [-0.39, 0.29) is 0 Å². The van der Waals surface area contributed by atoms with Crippen LogP contribution in [-0.2, 0) is 19.3 Å². The normalized spacial score (nSPS) is 26.1. The molecule has 1 N–H and O–H groups in total. The fraction of sp³-hybridized carbons (Fsp3) is 0.704. The third kappa shape index (κ3) is 4.62. The molecule has 0 amide bonds. The van der Waals surface area contributed by atoms with Gasteiger partial charge in [-0.15, -0.1) is 0 Å². The first-order chi connectivity index (χ1) is 14.6. The third-order valence-corrected chi connectivity index (χ3v) is 7.72. The predicted molar refractivity (Wildman–Crippen MR) is 128 cm³/mol. The van der Waals surface area contributed by atoms with Gasteiger partial charge in [0.2, 0.25) is 0 Å². The number of nitrogens with one attached hydrogen (secondary N) is 1. The molecule has 2 unspecified atom stereocenters. The molecule has 3 heterocycles. The minimum atomic E-state index is 0.430. The monoisotopic (exact) mass is 409 g/mol. The van der Waals surface area contributed by atoms with E-state index < -0.39 is 0 Å². The van der Waals surface area contributed by atoms with Crippen LogP contribution < -0.4 is 0 Å². The quantitative estimate of drug-likeness (QED) is 0.573. The Bertz CT molecular complexity index is 784. The lowest BCUT2D eigenvalue weighted by molar-refractivity contribution is 0.218. The van der Waals surface area contributed by atoms with E-state index in [1.165, 1.54) is 88.8 Å². The van der Waals surface area contributed by atoms with E-state index in [0.717, 1.165) is 12.5 Å². The van der Waals surface area contributed by atoms with Crippen LogP contribution in [0.2, 0.25) is 0 Å². The lowest BCUT2D eigenvalue weighted by Crippen LogP contribution is -2.36. The molecule has 4 rings (SSSR count). The fourth-order valence-electron chi connectivity index (χ4n) is 6.21. The highest BCUT2D eigenvalue weighted by molar-refractivity contribution is 5.44. The third-order valence-electron chi connectivity index (χ3n) is 7.72. The van der Waals surface area contributed by atoms with Crippen molar-refractivity contribution in [2.45, 2.75) is 85.1 Å². The SMILES string of the molecule is CCCN1CCC(C/C(C)=C/C=C(\C)C2c3[nH]c4c(c3CCN2CC)CCCC4)C1. The Morgan fingerprint density at radius 3 is 2.67 bits per heavy atom. The summed E-state index contributed by atoms with van der Waals surface area (Å²) in [4.78, 5) is 9.22. The van der Waals surface area contributed by atoms with Crippen molar-refractivity contribution in [1.29, 1.82) is 0 Å². The highest BCUT2D eigenvalue weighted by Crippen LogP contribution is 2.39. The van der Waals surface area contributed by atoms with E-state index in [1.54, 1.807) is 22.4 Å². The maximum Gasteiger partial charge on any atom is 0.0716 e. The summed E-state index contributed by atoms with van der Waals surface area (Å²) in [6.45, 7) is 15.5. The molecule has 1 aromatic rings. The number of aromatic nitrogens is 1. The van der Waals surface area contributed by atoms with Gasteiger partial charge in [0, 0.05) is 24.5 Å². The minimum absolute atomic E-state index is 0.430. The number of nitrogens with zero attached hydrogens (tertiary/aromatic N) is 2. The molecule has 2 atom stereocenters. The Balaban J connectivity index is 1.49. The highest BCUT2D eigenvalue weighted by Gasteiger charge is 2.32. The van der Waals surface area contributed by atoms with Gasteiger partial charge in [-0.1, -0.05) is 37.1 Å². The van der Waals surface area contributed by atoms with Crippen LogP contribution in [0.4, 0.5) is 0 Å². The van der Waals surface area contributed by atoms with Gasteiger partial charge in [-0.2, -0.15) is 0 Å². The van der Waals surface area contributed by atoms with Crippen molar-refractivity contribution in [2.75, 3.05) is 32.7 Å². The van der Waals surface area contributed by atoms with Gasteiger partial charge in [0.15, 0.2) is 0 Å². The Morgan fingerprint density at radius 2 is 1.87 bits per heavy atom. The molecule has 0 aromatic carbocycles. The van der Waals surface area contributed by atoms with Crippen LogP contribution in [0.25, 0.3) is 0 Å². The second-order valence-corrected chi connectivity index (χ2v) is 10.0. The summed E-state index contributed by atoms with van der Waals surface area (Å²) in [5.41, 5.74) is 9.44. The van der Waals surface area contributed by atoms with Gasteiger partial charge in [-0.3, -0.25) is 4.90 Å². The molecule has 0 saturated carbocycles. The van der Waals surface area contributed by atoms with Crippen LogP contribution in [0.1, 0.15) is 88.4 Å². The van der Waals surface area contributed by atoms with Crippen molar-refractivity contribution >= 4 is 0 Å². The molecule has 0 radical (unpaired) electrons. The van der Waals surface area contributed by atoms with E-state index in [1.807, 2.05) is 0 Å². The molecule has 30 heavy (non-hydrogen) atoms. The van der Waals surface area contributed by atoms with Gasteiger partial charge >= 0.3 is 0 Å². The Morgan fingerprint density at radius 1 is 1.03 bits per heavy atom. The summed E-state index contributed by atoms with van der Waals surface area (Å²) < 4.78 is 0. The molecule has 1 aromatic heterocycles. The maximum absolute atomic E-state index is 3.90.